The standard InChI is InChI=1S/C22H37NO/c1-16-8-10-18(11-9-16)22(24)15-23-14-4-7-20-19-6-3-2-5-17(19)12-13-21(20)23/h16-21H,2-15H2,1H3. The Balaban J connectivity index is 1.38. The number of ketones is 1. The third-order valence-electron chi connectivity index (χ3n) is 8.13. The van der Waals surface area contributed by atoms with Gasteiger partial charge in [-0.3, -0.25) is 9.69 Å². The molecule has 3 aliphatic carbocycles. The number of hydrogen-bond acceptors (Lipinski definition) is 2. The number of carbonyl (C=O) groups is 1. The molecule has 4 fully saturated rings. The molecule has 136 valence electrons. The molecule has 1 heterocycles. The lowest BCUT2D eigenvalue weighted by Gasteiger charge is -2.52. The number of likely N-dealkylation sites (tertiary alicyclic amines) is 1. The Morgan fingerprint density at radius 1 is 0.833 bits per heavy atom. The molecule has 0 aromatic carbocycles. The molecule has 0 radical (unpaired) electrons. The maximum Gasteiger partial charge on any atom is 0.149 e. The first-order valence-corrected chi connectivity index (χ1v) is 11.0. The molecule has 4 atom stereocenters. The molecule has 2 heteroatoms. The van der Waals surface area contributed by atoms with Crippen molar-refractivity contribution >= 4 is 5.78 Å². The molecule has 0 bridgehead atoms. The lowest BCUT2D eigenvalue weighted by molar-refractivity contribution is -0.127. The molecule has 2 nitrogen and oxygen atoms in total. The molecule has 0 spiro atoms. The third-order valence-corrected chi connectivity index (χ3v) is 8.13. The molecule has 1 saturated heterocycles. The minimum atomic E-state index is 0.382. The molecular weight excluding hydrogens is 294 g/mol. The van der Waals surface area contributed by atoms with Crippen LogP contribution in [0.15, 0.2) is 0 Å². The van der Waals surface area contributed by atoms with Gasteiger partial charge in [-0.25, -0.2) is 0 Å². The number of fused-ring (bicyclic) bond motifs is 3. The molecule has 24 heavy (non-hydrogen) atoms. The van der Waals surface area contributed by atoms with Crippen molar-refractivity contribution < 1.29 is 4.79 Å². The third kappa shape index (κ3) is 3.45. The molecule has 0 N–H and O–H groups in total. The molecule has 4 aliphatic rings. The van der Waals surface area contributed by atoms with Crippen LogP contribution in [0.2, 0.25) is 0 Å². The lowest BCUT2D eigenvalue weighted by Crippen LogP contribution is -2.54. The van der Waals surface area contributed by atoms with E-state index < -0.39 is 0 Å². The second kappa shape index (κ2) is 7.48. The maximum absolute atomic E-state index is 12.9. The zero-order valence-corrected chi connectivity index (χ0v) is 15.7. The summed E-state index contributed by atoms with van der Waals surface area (Å²) in [7, 11) is 0. The van der Waals surface area contributed by atoms with E-state index in [-0.39, 0.29) is 0 Å². The van der Waals surface area contributed by atoms with Gasteiger partial charge in [0, 0.05) is 12.0 Å². The predicted octanol–water partition coefficient (Wildman–Crippen LogP) is 5.06. The van der Waals surface area contributed by atoms with Crippen LogP contribution in [-0.4, -0.2) is 29.8 Å². The summed E-state index contributed by atoms with van der Waals surface area (Å²) >= 11 is 0. The van der Waals surface area contributed by atoms with E-state index in [1.54, 1.807) is 0 Å². The van der Waals surface area contributed by atoms with Crippen molar-refractivity contribution in [1.29, 1.82) is 0 Å². The van der Waals surface area contributed by atoms with Gasteiger partial charge in [-0.1, -0.05) is 39.0 Å². The highest BCUT2D eigenvalue weighted by Crippen LogP contribution is 2.48. The van der Waals surface area contributed by atoms with E-state index in [1.165, 1.54) is 70.8 Å². The second-order valence-electron chi connectivity index (χ2n) is 9.55. The van der Waals surface area contributed by atoms with E-state index in [0.29, 0.717) is 11.7 Å². The van der Waals surface area contributed by atoms with Gasteiger partial charge in [0.1, 0.15) is 5.78 Å². The molecule has 4 unspecified atom stereocenters. The highest BCUT2D eigenvalue weighted by atomic mass is 16.1. The average molecular weight is 332 g/mol. The fourth-order valence-electron chi connectivity index (χ4n) is 6.71. The first-order valence-electron chi connectivity index (χ1n) is 11.0. The van der Waals surface area contributed by atoms with E-state index >= 15 is 0 Å². The second-order valence-corrected chi connectivity index (χ2v) is 9.55. The summed E-state index contributed by atoms with van der Waals surface area (Å²) in [6.07, 6.45) is 16.4. The SMILES string of the molecule is CC1CCC(C(=O)CN2CCCC3C4CCCCC4CCC32)CC1. The first kappa shape index (κ1) is 17.1. The number of Topliss-reactive ketones (excluding diaryl/α,β-unsaturated/α-hetero) is 1. The van der Waals surface area contributed by atoms with E-state index in [9.17, 15) is 4.79 Å². The topological polar surface area (TPSA) is 20.3 Å². The number of rotatable bonds is 3. The molecule has 4 rings (SSSR count). The Morgan fingerprint density at radius 3 is 2.42 bits per heavy atom. The zero-order valence-electron chi connectivity index (χ0n) is 15.7. The largest absolute Gasteiger partial charge is 0.298 e. The molecule has 0 aromatic heterocycles. The summed E-state index contributed by atoms with van der Waals surface area (Å²) in [6, 6.07) is 0.740. The van der Waals surface area contributed by atoms with Crippen LogP contribution in [0.5, 0.6) is 0 Å². The van der Waals surface area contributed by atoms with Crippen molar-refractivity contribution in [2.75, 3.05) is 13.1 Å². The van der Waals surface area contributed by atoms with Crippen LogP contribution < -0.4 is 0 Å². The summed E-state index contributed by atoms with van der Waals surface area (Å²) in [5, 5.41) is 0. The lowest BCUT2D eigenvalue weighted by atomic mass is 9.61. The van der Waals surface area contributed by atoms with Gasteiger partial charge in [0.25, 0.3) is 0 Å². The van der Waals surface area contributed by atoms with Crippen molar-refractivity contribution in [1.82, 2.24) is 4.90 Å². The van der Waals surface area contributed by atoms with Gasteiger partial charge in [-0.15, -0.1) is 0 Å². The van der Waals surface area contributed by atoms with E-state index in [1.807, 2.05) is 0 Å². The van der Waals surface area contributed by atoms with Gasteiger partial charge in [0.2, 0.25) is 0 Å². The Kier molecular flexibility index (Phi) is 5.32. The van der Waals surface area contributed by atoms with Crippen molar-refractivity contribution in [3.63, 3.8) is 0 Å². The predicted molar refractivity (Wildman–Crippen MR) is 98.9 cm³/mol. The monoisotopic (exact) mass is 331 g/mol. The van der Waals surface area contributed by atoms with Crippen LogP contribution in [0.25, 0.3) is 0 Å². The molecule has 0 amide bonds. The number of nitrogens with zero attached hydrogens (tertiary/aromatic N) is 1. The number of piperidine rings is 1. The van der Waals surface area contributed by atoms with Gasteiger partial charge in [-0.2, -0.15) is 0 Å². The summed E-state index contributed by atoms with van der Waals surface area (Å²) in [5.74, 6) is 4.73. The van der Waals surface area contributed by atoms with Crippen LogP contribution in [0, 0.1) is 29.6 Å². The zero-order chi connectivity index (χ0) is 16.5. The normalized spacial score (nSPS) is 43.7. The van der Waals surface area contributed by atoms with Crippen molar-refractivity contribution in [3.05, 3.63) is 0 Å². The highest BCUT2D eigenvalue weighted by molar-refractivity contribution is 5.83. The van der Waals surface area contributed by atoms with Crippen LogP contribution in [0.1, 0.15) is 84.0 Å². The minimum absolute atomic E-state index is 0.382. The molecule has 1 aliphatic heterocycles. The number of hydrogen-bond donors (Lipinski definition) is 0. The summed E-state index contributed by atoms with van der Waals surface area (Å²) in [5.41, 5.74) is 0. The summed E-state index contributed by atoms with van der Waals surface area (Å²) in [4.78, 5) is 15.5. The van der Waals surface area contributed by atoms with Gasteiger partial charge in [0.05, 0.1) is 6.54 Å². The van der Waals surface area contributed by atoms with Crippen LogP contribution >= 0.6 is 0 Å². The van der Waals surface area contributed by atoms with Gasteiger partial charge in [-0.05, 0) is 75.2 Å². The van der Waals surface area contributed by atoms with Crippen molar-refractivity contribution in [2.24, 2.45) is 29.6 Å². The number of carbonyl (C=O) groups excluding carboxylic acids is 1. The molecular formula is C22H37NO. The van der Waals surface area contributed by atoms with Crippen molar-refractivity contribution in [2.45, 2.75) is 90.0 Å². The Bertz CT molecular complexity index is 439. The maximum atomic E-state index is 12.9. The van der Waals surface area contributed by atoms with Gasteiger partial charge in [0.15, 0.2) is 0 Å². The Labute approximate surface area is 148 Å². The quantitative estimate of drug-likeness (QED) is 0.720. The summed E-state index contributed by atoms with van der Waals surface area (Å²) < 4.78 is 0. The average Bonchev–Trinajstić information content (AvgIpc) is 2.62. The fourth-order valence-corrected chi connectivity index (χ4v) is 6.71. The molecule has 3 saturated carbocycles. The molecule has 0 aromatic rings. The summed E-state index contributed by atoms with van der Waals surface area (Å²) in [6.45, 7) is 4.31. The van der Waals surface area contributed by atoms with Crippen LogP contribution in [-0.2, 0) is 4.79 Å². The Morgan fingerprint density at radius 2 is 1.58 bits per heavy atom. The van der Waals surface area contributed by atoms with E-state index in [2.05, 4.69) is 11.8 Å². The van der Waals surface area contributed by atoms with E-state index in [0.717, 1.165) is 49.1 Å². The van der Waals surface area contributed by atoms with Gasteiger partial charge < -0.3 is 0 Å². The van der Waals surface area contributed by atoms with Crippen LogP contribution in [0.3, 0.4) is 0 Å². The van der Waals surface area contributed by atoms with Crippen molar-refractivity contribution in [3.8, 4) is 0 Å². The fraction of sp³-hybridized carbons (Fsp3) is 0.955. The smallest absolute Gasteiger partial charge is 0.149 e. The van der Waals surface area contributed by atoms with E-state index in [4.69, 9.17) is 0 Å². The highest BCUT2D eigenvalue weighted by Gasteiger charge is 2.44. The first-order chi connectivity index (χ1) is 11.7. The Hall–Kier alpha value is -0.370. The van der Waals surface area contributed by atoms with Crippen LogP contribution in [0.4, 0.5) is 0 Å². The minimum Gasteiger partial charge on any atom is -0.298 e. The van der Waals surface area contributed by atoms with Gasteiger partial charge >= 0.3 is 0 Å².